The first-order valence-corrected chi connectivity index (χ1v) is 8.84. The van der Waals surface area contributed by atoms with Gasteiger partial charge in [0, 0.05) is 18.7 Å². The van der Waals surface area contributed by atoms with Gasteiger partial charge in [0.1, 0.15) is 0 Å². The second-order valence-electron chi connectivity index (χ2n) is 6.31. The highest BCUT2D eigenvalue weighted by atomic mass is 16.5. The lowest BCUT2D eigenvalue weighted by Crippen LogP contribution is -2.39. The zero-order valence-electron chi connectivity index (χ0n) is 15.6. The molecule has 8 nitrogen and oxygen atoms in total. The maximum atomic E-state index is 12.4. The molecule has 0 atom stereocenters. The Kier molecular flexibility index (Phi) is 7.34. The van der Waals surface area contributed by atoms with E-state index in [1.165, 1.54) is 32.4 Å². The minimum absolute atomic E-state index is 0.0385. The minimum atomic E-state index is -0.643. The number of hydrogen-bond acceptors (Lipinski definition) is 6. The van der Waals surface area contributed by atoms with Crippen molar-refractivity contribution >= 4 is 29.4 Å². The fraction of sp³-hybridized carbons (Fsp3) is 0.474. The molecular formula is C19H24N2O6. The Balaban J connectivity index is 2.14. The van der Waals surface area contributed by atoms with Crippen LogP contribution in [0.1, 0.15) is 52.8 Å². The van der Waals surface area contributed by atoms with E-state index in [1.807, 2.05) is 0 Å². The summed E-state index contributed by atoms with van der Waals surface area (Å²) in [5, 5.41) is 2.64. The van der Waals surface area contributed by atoms with Crippen molar-refractivity contribution in [3.05, 3.63) is 29.3 Å². The minimum Gasteiger partial charge on any atom is -0.465 e. The van der Waals surface area contributed by atoms with E-state index >= 15 is 0 Å². The molecule has 1 aromatic carbocycles. The fourth-order valence-electron chi connectivity index (χ4n) is 2.93. The van der Waals surface area contributed by atoms with E-state index in [9.17, 15) is 19.2 Å². The van der Waals surface area contributed by atoms with Crippen LogP contribution in [0.25, 0.3) is 0 Å². The molecule has 1 N–H and O–H groups in total. The largest absolute Gasteiger partial charge is 0.465 e. The number of rotatable bonds is 5. The Morgan fingerprint density at radius 3 is 2.15 bits per heavy atom. The van der Waals surface area contributed by atoms with Gasteiger partial charge in [0.15, 0.2) is 0 Å². The van der Waals surface area contributed by atoms with E-state index in [4.69, 9.17) is 0 Å². The molecule has 146 valence electrons. The van der Waals surface area contributed by atoms with Gasteiger partial charge in [-0.2, -0.15) is 0 Å². The van der Waals surface area contributed by atoms with E-state index in [0.29, 0.717) is 13.0 Å². The fourth-order valence-corrected chi connectivity index (χ4v) is 2.93. The van der Waals surface area contributed by atoms with Gasteiger partial charge in [-0.15, -0.1) is 0 Å². The van der Waals surface area contributed by atoms with Crippen molar-refractivity contribution in [3.63, 3.8) is 0 Å². The molecule has 1 fully saturated rings. The van der Waals surface area contributed by atoms with Crippen molar-refractivity contribution in [2.24, 2.45) is 0 Å². The van der Waals surface area contributed by atoms with Crippen molar-refractivity contribution in [1.29, 1.82) is 0 Å². The summed E-state index contributed by atoms with van der Waals surface area (Å²) in [7, 11) is 2.44. The number of carbonyl (C=O) groups is 4. The molecule has 27 heavy (non-hydrogen) atoms. The van der Waals surface area contributed by atoms with E-state index in [2.05, 4.69) is 14.8 Å². The van der Waals surface area contributed by atoms with Crippen LogP contribution in [0.3, 0.4) is 0 Å². The van der Waals surface area contributed by atoms with E-state index in [0.717, 1.165) is 25.7 Å². The number of esters is 2. The van der Waals surface area contributed by atoms with Crippen LogP contribution < -0.4 is 5.32 Å². The molecule has 0 unspecified atom stereocenters. The number of nitrogens with zero attached hydrogens (tertiary/aromatic N) is 1. The van der Waals surface area contributed by atoms with Crippen molar-refractivity contribution in [2.75, 3.05) is 32.6 Å². The summed E-state index contributed by atoms with van der Waals surface area (Å²) in [5.74, 6) is -1.73. The number of likely N-dealkylation sites (tertiary alicyclic amines) is 1. The highest BCUT2D eigenvalue weighted by Gasteiger charge is 2.20. The molecule has 1 saturated heterocycles. The second kappa shape index (κ2) is 9.70. The first kappa shape index (κ1) is 20.4. The highest BCUT2D eigenvalue weighted by Crippen LogP contribution is 2.18. The Bertz CT molecular complexity index is 697. The molecule has 1 heterocycles. The molecule has 0 radical (unpaired) electrons. The lowest BCUT2D eigenvalue weighted by molar-refractivity contribution is -0.135. The molecule has 0 saturated carbocycles. The zero-order chi connectivity index (χ0) is 19.8. The van der Waals surface area contributed by atoms with E-state index in [1.54, 1.807) is 4.90 Å². The van der Waals surface area contributed by atoms with Gasteiger partial charge < -0.3 is 19.7 Å². The van der Waals surface area contributed by atoms with Gasteiger partial charge in [0.05, 0.1) is 31.9 Å². The van der Waals surface area contributed by atoms with E-state index < -0.39 is 17.8 Å². The highest BCUT2D eigenvalue weighted by molar-refractivity contribution is 6.00. The van der Waals surface area contributed by atoms with Gasteiger partial charge >= 0.3 is 11.9 Å². The molecule has 8 heteroatoms. The van der Waals surface area contributed by atoms with Crippen LogP contribution in [-0.2, 0) is 19.1 Å². The van der Waals surface area contributed by atoms with Crippen LogP contribution in [0, 0.1) is 0 Å². The number of benzene rings is 1. The molecule has 0 aliphatic carbocycles. The van der Waals surface area contributed by atoms with Crippen molar-refractivity contribution < 1.29 is 28.7 Å². The maximum absolute atomic E-state index is 12.4. The number of methoxy groups -OCH3 is 2. The van der Waals surface area contributed by atoms with Crippen molar-refractivity contribution in [3.8, 4) is 0 Å². The number of ether oxygens (including phenoxy) is 2. The smallest absolute Gasteiger partial charge is 0.337 e. The Morgan fingerprint density at radius 2 is 1.56 bits per heavy atom. The summed E-state index contributed by atoms with van der Waals surface area (Å²) in [4.78, 5) is 49.7. The third-order valence-electron chi connectivity index (χ3n) is 4.31. The number of hydrogen-bond donors (Lipinski definition) is 1. The molecule has 0 spiro atoms. The maximum Gasteiger partial charge on any atom is 0.337 e. The Labute approximate surface area is 157 Å². The van der Waals surface area contributed by atoms with E-state index in [-0.39, 0.29) is 29.3 Å². The predicted molar refractivity (Wildman–Crippen MR) is 97.4 cm³/mol. The number of amides is 2. The quantitative estimate of drug-likeness (QED) is 0.789. The van der Waals surface area contributed by atoms with Crippen LogP contribution >= 0.6 is 0 Å². The standard InChI is InChI=1S/C19H24N2O6/c1-26-18(24)13-9-14(19(25)27-2)11-15(10-13)20-16(22)12-21-8-6-4-3-5-7-17(21)23/h9-11H,3-8,12H2,1-2H3,(H,20,22). The topological polar surface area (TPSA) is 102 Å². The Morgan fingerprint density at radius 1 is 0.963 bits per heavy atom. The summed E-state index contributed by atoms with van der Waals surface area (Å²) in [6, 6.07) is 4.14. The van der Waals surface area contributed by atoms with Crippen molar-refractivity contribution in [2.45, 2.75) is 32.1 Å². The van der Waals surface area contributed by atoms with Gasteiger partial charge in [-0.25, -0.2) is 9.59 Å². The third kappa shape index (κ3) is 5.80. The van der Waals surface area contributed by atoms with Crippen LogP contribution in [0.2, 0.25) is 0 Å². The summed E-state index contributed by atoms with van der Waals surface area (Å²) < 4.78 is 9.34. The monoisotopic (exact) mass is 376 g/mol. The molecule has 0 aromatic heterocycles. The number of anilines is 1. The zero-order valence-corrected chi connectivity index (χ0v) is 15.6. The van der Waals surface area contributed by atoms with Gasteiger partial charge in [-0.1, -0.05) is 12.8 Å². The molecule has 2 rings (SSSR count). The van der Waals surface area contributed by atoms with Gasteiger partial charge in [-0.05, 0) is 31.0 Å². The summed E-state index contributed by atoms with van der Waals surface area (Å²) in [6.07, 6.45) is 4.21. The Hall–Kier alpha value is -2.90. The summed E-state index contributed by atoms with van der Waals surface area (Å²) >= 11 is 0. The average molecular weight is 376 g/mol. The number of carbonyl (C=O) groups excluding carboxylic acids is 4. The molecule has 1 aliphatic heterocycles. The van der Waals surface area contributed by atoms with Gasteiger partial charge in [0.2, 0.25) is 11.8 Å². The predicted octanol–water partition coefficient (Wildman–Crippen LogP) is 1.99. The van der Waals surface area contributed by atoms with Gasteiger partial charge in [0.25, 0.3) is 0 Å². The molecule has 0 bridgehead atoms. The third-order valence-corrected chi connectivity index (χ3v) is 4.31. The van der Waals surface area contributed by atoms with Crippen LogP contribution in [0.15, 0.2) is 18.2 Å². The first-order chi connectivity index (χ1) is 12.9. The molecule has 1 aromatic rings. The number of nitrogens with one attached hydrogen (secondary N) is 1. The van der Waals surface area contributed by atoms with Crippen LogP contribution in [0.4, 0.5) is 5.69 Å². The van der Waals surface area contributed by atoms with Crippen LogP contribution in [0.5, 0.6) is 0 Å². The van der Waals surface area contributed by atoms with Crippen molar-refractivity contribution in [1.82, 2.24) is 4.90 Å². The second-order valence-corrected chi connectivity index (χ2v) is 6.31. The van der Waals surface area contributed by atoms with Crippen LogP contribution in [-0.4, -0.2) is 56.0 Å². The average Bonchev–Trinajstić information content (AvgIpc) is 2.66. The summed E-state index contributed by atoms with van der Waals surface area (Å²) in [6.45, 7) is 0.469. The van der Waals surface area contributed by atoms with Gasteiger partial charge in [-0.3, -0.25) is 9.59 Å². The molecular weight excluding hydrogens is 352 g/mol. The first-order valence-electron chi connectivity index (χ1n) is 8.84. The lowest BCUT2D eigenvalue weighted by Gasteiger charge is -2.24. The SMILES string of the molecule is COC(=O)c1cc(NC(=O)CN2CCCCCCC2=O)cc(C(=O)OC)c1. The molecule has 2 amide bonds. The summed E-state index contributed by atoms with van der Waals surface area (Å²) in [5.41, 5.74) is 0.471. The normalized spacial score (nSPS) is 14.7. The molecule has 1 aliphatic rings. The lowest BCUT2D eigenvalue weighted by atomic mass is 10.1.